The maximum Gasteiger partial charge on any atom is 0.251 e. The van der Waals surface area contributed by atoms with Crippen molar-refractivity contribution in [1.82, 2.24) is 19.7 Å². The number of carbonyl (C=O) groups is 2. The summed E-state index contributed by atoms with van der Waals surface area (Å²) in [5, 5.41) is 17.1. The predicted molar refractivity (Wildman–Crippen MR) is 136 cm³/mol. The summed E-state index contributed by atoms with van der Waals surface area (Å²) >= 11 is 1.57. The van der Waals surface area contributed by atoms with E-state index in [1.165, 1.54) is 12.8 Å². The summed E-state index contributed by atoms with van der Waals surface area (Å²) < 4.78 is 2.05. The third-order valence-corrected chi connectivity index (χ3v) is 7.04. The van der Waals surface area contributed by atoms with Crippen LogP contribution in [0.5, 0.6) is 0 Å². The molecule has 186 valence electrons. The Kier molecular flexibility index (Phi) is 7.76. The van der Waals surface area contributed by atoms with Crippen LogP contribution in [0.2, 0.25) is 0 Å². The summed E-state index contributed by atoms with van der Waals surface area (Å²) in [6, 6.07) is 5.80. The van der Waals surface area contributed by atoms with E-state index in [2.05, 4.69) is 46.8 Å². The summed E-state index contributed by atoms with van der Waals surface area (Å²) in [6.07, 6.45) is 8.23. The van der Waals surface area contributed by atoms with Gasteiger partial charge in [0.25, 0.3) is 5.91 Å². The van der Waals surface area contributed by atoms with E-state index in [1.54, 1.807) is 23.6 Å². The molecular formula is C26H33N5O3S. The average Bonchev–Trinajstić information content (AvgIpc) is 3.36. The summed E-state index contributed by atoms with van der Waals surface area (Å²) in [5.74, 6) is 0.784. The first-order chi connectivity index (χ1) is 16.7. The topological polar surface area (TPSA) is 110 Å². The largest absolute Gasteiger partial charge is 0.387 e. The molecule has 3 aromatic heterocycles. The number of carbonyl (C=O) groups excluding carboxylic acids is 2. The first-order valence-corrected chi connectivity index (χ1v) is 12.9. The lowest BCUT2D eigenvalue weighted by atomic mass is 9.92. The van der Waals surface area contributed by atoms with Gasteiger partial charge in [0.2, 0.25) is 0 Å². The molecule has 1 fully saturated rings. The molecule has 35 heavy (non-hydrogen) atoms. The van der Waals surface area contributed by atoms with Gasteiger partial charge in [-0.25, -0.2) is 9.97 Å². The van der Waals surface area contributed by atoms with Crippen LogP contribution in [0.25, 0.3) is 0 Å². The Bertz CT molecular complexity index is 1190. The molecular weight excluding hydrogens is 462 g/mol. The Morgan fingerprint density at radius 3 is 2.69 bits per heavy atom. The van der Waals surface area contributed by atoms with Gasteiger partial charge in [-0.15, -0.1) is 11.3 Å². The van der Waals surface area contributed by atoms with Gasteiger partial charge in [0.05, 0.1) is 12.1 Å². The lowest BCUT2D eigenvalue weighted by Gasteiger charge is -2.14. The Balaban J connectivity index is 1.33. The molecule has 0 spiro atoms. The number of hydrogen-bond donors (Lipinski definition) is 2. The van der Waals surface area contributed by atoms with Crippen LogP contribution in [0.3, 0.4) is 0 Å². The van der Waals surface area contributed by atoms with Crippen molar-refractivity contribution in [3.05, 3.63) is 57.4 Å². The van der Waals surface area contributed by atoms with Crippen molar-refractivity contribution in [2.75, 3.05) is 11.9 Å². The van der Waals surface area contributed by atoms with Crippen LogP contribution in [0.1, 0.15) is 60.4 Å². The molecule has 1 aliphatic rings. The van der Waals surface area contributed by atoms with E-state index in [0.29, 0.717) is 24.6 Å². The highest BCUT2D eigenvalue weighted by Crippen LogP contribution is 2.32. The maximum absolute atomic E-state index is 12.9. The van der Waals surface area contributed by atoms with E-state index < -0.39 is 12.5 Å². The molecule has 2 N–H and O–H groups in total. The molecule has 1 saturated carbocycles. The number of pyridine rings is 1. The molecule has 0 aliphatic heterocycles. The van der Waals surface area contributed by atoms with E-state index in [0.717, 1.165) is 46.2 Å². The van der Waals surface area contributed by atoms with Gasteiger partial charge >= 0.3 is 0 Å². The molecule has 3 aromatic rings. The van der Waals surface area contributed by atoms with E-state index in [-0.39, 0.29) is 11.2 Å². The quantitative estimate of drug-likeness (QED) is 0.421. The number of Topliss-reactive ketones (excluding diaryl/α,β-unsaturated/α-hetero) is 1. The molecule has 3 heterocycles. The fraction of sp³-hybridized carbons (Fsp3) is 0.500. The molecule has 4 rings (SSSR count). The van der Waals surface area contributed by atoms with Crippen LogP contribution >= 0.6 is 11.3 Å². The first-order valence-electron chi connectivity index (χ1n) is 12.1. The summed E-state index contributed by atoms with van der Waals surface area (Å²) in [6.45, 7) is 6.78. The average molecular weight is 496 g/mol. The minimum atomic E-state index is -0.575. The molecule has 0 unspecified atom stereocenters. The van der Waals surface area contributed by atoms with E-state index >= 15 is 0 Å². The van der Waals surface area contributed by atoms with Crippen molar-refractivity contribution in [2.24, 2.45) is 5.92 Å². The lowest BCUT2D eigenvalue weighted by molar-refractivity contribution is -0.119. The number of anilines is 1. The lowest BCUT2D eigenvalue weighted by Crippen LogP contribution is -2.16. The van der Waals surface area contributed by atoms with Crippen LogP contribution in [-0.4, -0.2) is 43.2 Å². The summed E-state index contributed by atoms with van der Waals surface area (Å²) in [7, 11) is 0. The Morgan fingerprint density at radius 2 is 1.97 bits per heavy atom. The van der Waals surface area contributed by atoms with Gasteiger partial charge in [-0.3, -0.25) is 14.3 Å². The van der Waals surface area contributed by atoms with E-state index in [1.807, 2.05) is 12.3 Å². The minimum absolute atomic E-state index is 0.0448. The Labute approximate surface area is 209 Å². The van der Waals surface area contributed by atoms with Crippen molar-refractivity contribution < 1.29 is 14.7 Å². The number of aryl methyl sites for hydroxylation is 2. The number of ketones is 1. The van der Waals surface area contributed by atoms with Gasteiger partial charge in [-0.05, 0) is 55.4 Å². The van der Waals surface area contributed by atoms with Crippen LogP contribution in [0, 0.1) is 5.92 Å². The highest BCUT2D eigenvalue weighted by atomic mass is 32.1. The van der Waals surface area contributed by atoms with Crippen molar-refractivity contribution in [1.29, 1.82) is 0 Å². The number of aromatic nitrogens is 4. The fourth-order valence-electron chi connectivity index (χ4n) is 3.79. The van der Waals surface area contributed by atoms with Gasteiger partial charge in [0.1, 0.15) is 23.2 Å². The number of amides is 1. The van der Waals surface area contributed by atoms with Gasteiger partial charge < -0.3 is 10.4 Å². The fourth-order valence-corrected chi connectivity index (χ4v) is 4.74. The molecule has 0 aromatic carbocycles. The van der Waals surface area contributed by atoms with Gasteiger partial charge in [-0.1, -0.05) is 20.8 Å². The molecule has 1 aliphatic carbocycles. The number of rotatable bonds is 11. The maximum atomic E-state index is 12.9. The normalized spacial score (nSPS) is 13.7. The molecule has 0 bridgehead atoms. The number of hydrogen-bond acceptors (Lipinski definition) is 7. The standard InChI is InChI=1S/C26H33N5O3S/c1-26(2,3)22-12-19(31(30-22)15-18-4-5-18)11-20(33)13-25-28-14-21(35-25)7-6-17-8-9-27-23(10-17)29-24(34)16-32/h8-10,12,14,18,32H,4-7,11,13,15-16H2,1-3H3,(H,27,29,34). The second-order valence-electron chi connectivity index (χ2n) is 10.3. The minimum Gasteiger partial charge on any atom is -0.387 e. The van der Waals surface area contributed by atoms with Crippen molar-refractivity contribution in [3.8, 4) is 0 Å². The van der Waals surface area contributed by atoms with Gasteiger partial charge in [0, 0.05) is 41.3 Å². The summed E-state index contributed by atoms with van der Waals surface area (Å²) in [4.78, 5) is 33.9. The number of aliphatic hydroxyl groups is 1. The third kappa shape index (κ3) is 7.29. The van der Waals surface area contributed by atoms with Gasteiger partial charge in [0.15, 0.2) is 0 Å². The monoisotopic (exact) mass is 495 g/mol. The molecule has 8 nitrogen and oxygen atoms in total. The molecule has 0 atom stereocenters. The Hall–Kier alpha value is -2.91. The highest BCUT2D eigenvalue weighted by Gasteiger charge is 2.26. The number of nitrogens with zero attached hydrogens (tertiary/aromatic N) is 4. The number of aliphatic hydroxyl groups excluding tert-OH is 1. The predicted octanol–water partition coefficient (Wildman–Crippen LogP) is 3.51. The zero-order chi connectivity index (χ0) is 25.0. The molecule has 1 amide bonds. The highest BCUT2D eigenvalue weighted by molar-refractivity contribution is 7.11. The second-order valence-corrected chi connectivity index (χ2v) is 11.5. The summed E-state index contributed by atoms with van der Waals surface area (Å²) in [5.41, 5.74) is 3.02. The van der Waals surface area contributed by atoms with E-state index in [4.69, 9.17) is 10.2 Å². The van der Waals surface area contributed by atoms with Crippen molar-refractivity contribution in [3.63, 3.8) is 0 Å². The zero-order valence-corrected chi connectivity index (χ0v) is 21.4. The number of nitrogens with one attached hydrogen (secondary N) is 1. The van der Waals surface area contributed by atoms with Gasteiger partial charge in [-0.2, -0.15) is 5.10 Å². The van der Waals surface area contributed by atoms with Crippen LogP contribution in [0.4, 0.5) is 5.82 Å². The Morgan fingerprint density at radius 1 is 1.17 bits per heavy atom. The SMILES string of the molecule is CC(C)(C)c1cc(CC(=O)Cc2ncc(CCc3ccnc(NC(=O)CO)c3)s2)n(CC2CC2)n1. The van der Waals surface area contributed by atoms with Crippen LogP contribution in [0.15, 0.2) is 30.6 Å². The zero-order valence-electron chi connectivity index (χ0n) is 20.6. The van der Waals surface area contributed by atoms with Crippen molar-refractivity contribution >= 4 is 28.8 Å². The molecule has 9 heteroatoms. The number of thiazole rings is 1. The van der Waals surface area contributed by atoms with Crippen molar-refractivity contribution in [2.45, 2.75) is 71.3 Å². The molecule has 0 saturated heterocycles. The first kappa shape index (κ1) is 25.2. The van der Waals surface area contributed by atoms with Crippen LogP contribution in [-0.2, 0) is 47.2 Å². The van der Waals surface area contributed by atoms with E-state index in [9.17, 15) is 9.59 Å². The third-order valence-electron chi connectivity index (χ3n) is 5.98. The van der Waals surface area contributed by atoms with Crippen LogP contribution < -0.4 is 5.32 Å². The smallest absolute Gasteiger partial charge is 0.251 e. The molecule has 0 radical (unpaired) electrons. The second kappa shape index (κ2) is 10.8.